The second-order valence-corrected chi connectivity index (χ2v) is 16.5. The Kier molecular flexibility index (Phi) is 6.91. The molecule has 0 aromatic carbocycles. The largest absolute Gasteiger partial charge is 0.481 e. The predicted octanol–water partition coefficient (Wildman–Crippen LogP) is 7.05. The van der Waals surface area contributed by atoms with Crippen LogP contribution in [-0.2, 0) is 19.1 Å². The molecular weight excluding hydrogens is 502 g/mol. The van der Waals surface area contributed by atoms with Crippen molar-refractivity contribution in [2.75, 3.05) is 0 Å². The molecule has 0 aromatic heterocycles. The number of amides is 1. The number of nitrogens with two attached hydrogens (primary N) is 1. The Morgan fingerprint density at radius 2 is 1.57 bits per heavy atom. The van der Waals surface area contributed by atoms with Gasteiger partial charge in [-0.05, 0) is 104 Å². The van der Waals surface area contributed by atoms with E-state index in [1.165, 1.54) is 5.57 Å². The van der Waals surface area contributed by atoms with E-state index >= 15 is 0 Å². The number of fused-ring (bicyclic) bond motifs is 7. The summed E-state index contributed by atoms with van der Waals surface area (Å²) in [6.45, 7) is 16.8. The quantitative estimate of drug-likeness (QED) is 0.279. The molecule has 40 heavy (non-hydrogen) atoms. The number of carbonyl (C=O) groups is 3. The second-order valence-electron chi connectivity index (χ2n) is 16.5. The third-order valence-electron chi connectivity index (χ3n) is 13.9. The summed E-state index contributed by atoms with van der Waals surface area (Å²) in [6, 6.07) is 0. The smallest absolute Gasteiger partial charge is 0.306 e. The normalized spacial score (nSPS) is 45.0. The summed E-state index contributed by atoms with van der Waals surface area (Å²) < 4.78 is 5.97. The first kappa shape index (κ1) is 29.6. The molecular formula is C34H53NO5. The Morgan fingerprint density at radius 1 is 0.900 bits per heavy atom. The van der Waals surface area contributed by atoms with Crippen molar-refractivity contribution in [3.05, 3.63) is 11.6 Å². The van der Waals surface area contributed by atoms with Gasteiger partial charge in [0.05, 0.1) is 18.3 Å². The van der Waals surface area contributed by atoms with Crippen molar-refractivity contribution in [3.63, 3.8) is 0 Å². The Morgan fingerprint density at radius 3 is 2.23 bits per heavy atom. The van der Waals surface area contributed by atoms with Crippen LogP contribution in [0.15, 0.2) is 11.6 Å². The average molecular weight is 556 g/mol. The molecule has 6 nitrogen and oxygen atoms in total. The molecule has 5 aliphatic carbocycles. The zero-order chi connectivity index (χ0) is 29.5. The summed E-state index contributed by atoms with van der Waals surface area (Å²) in [6.07, 6.45) is 12.2. The van der Waals surface area contributed by atoms with Gasteiger partial charge in [-0.25, -0.2) is 0 Å². The number of carboxylic acid groups (broad SMARTS) is 1. The highest BCUT2D eigenvalue weighted by molar-refractivity contribution is 5.82. The third-order valence-corrected chi connectivity index (χ3v) is 13.9. The summed E-state index contributed by atoms with van der Waals surface area (Å²) in [5, 5.41) is 8.99. The molecule has 8 atom stereocenters. The Balaban J connectivity index is 1.46. The van der Waals surface area contributed by atoms with Crippen LogP contribution in [0, 0.1) is 50.2 Å². The maximum atomic E-state index is 13.1. The lowest BCUT2D eigenvalue weighted by molar-refractivity contribution is -0.213. The molecule has 0 saturated heterocycles. The van der Waals surface area contributed by atoms with Crippen LogP contribution in [0.3, 0.4) is 0 Å². The molecule has 0 bridgehead atoms. The van der Waals surface area contributed by atoms with Gasteiger partial charge in [-0.15, -0.1) is 0 Å². The second kappa shape index (κ2) is 9.33. The highest BCUT2D eigenvalue weighted by Gasteiger charge is 2.69. The number of aliphatic carboxylic acids is 1. The maximum absolute atomic E-state index is 13.1. The lowest BCUT2D eigenvalue weighted by Gasteiger charge is -2.71. The van der Waals surface area contributed by atoms with Crippen molar-refractivity contribution in [1.29, 1.82) is 0 Å². The third kappa shape index (κ3) is 4.12. The van der Waals surface area contributed by atoms with E-state index in [0.717, 1.165) is 64.2 Å². The first-order chi connectivity index (χ1) is 18.4. The van der Waals surface area contributed by atoms with Crippen LogP contribution in [-0.4, -0.2) is 29.1 Å². The zero-order valence-electron chi connectivity index (χ0n) is 26.0. The number of ether oxygens (including phenoxy) is 1. The van der Waals surface area contributed by atoms with Crippen molar-refractivity contribution < 1.29 is 24.2 Å². The van der Waals surface area contributed by atoms with Gasteiger partial charge in [-0.2, -0.15) is 0 Å². The lowest BCUT2D eigenvalue weighted by Crippen LogP contribution is -2.65. The van der Waals surface area contributed by atoms with Crippen LogP contribution in [0.4, 0.5) is 0 Å². The van der Waals surface area contributed by atoms with E-state index in [2.05, 4.69) is 54.5 Å². The van der Waals surface area contributed by atoms with Gasteiger partial charge in [0, 0.05) is 5.41 Å². The number of rotatable bonds is 5. The molecule has 4 fully saturated rings. The van der Waals surface area contributed by atoms with Crippen LogP contribution < -0.4 is 5.73 Å². The molecule has 1 amide bonds. The number of hydrogen-bond acceptors (Lipinski definition) is 4. The number of allylic oxidation sites excluding steroid dienone is 2. The predicted molar refractivity (Wildman–Crippen MR) is 155 cm³/mol. The lowest BCUT2D eigenvalue weighted by atomic mass is 9.33. The molecule has 4 saturated carbocycles. The zero-order valence-corrected chi connectivity index (χ0v) is 26.0. The molecule has 0 spiro atoms. The summed E-state index contributed by atoms with van der Waals surface area (Å²) in [5.41, 5.74) is 7.70. The Hall–Kier alpha value is -1.85. The van der Waals surface area contributed by atoms with E-state index in [1.807, 2.05) is 0 Å². The number of primary amides is 1. The highest BCUT2D eigenvalue weighted by Crippen LogP contribution is 2.75. The van der Waals surface area contributed by atoms with E-state index in [0.29, 0.717) is 11.8 Å². The topological polar surface area (TPSA) is 107 Å². The minimum Gasteiger partial charge on any atom is -0.481 e. The van der Waals surface area contributed by atoms with Crippen molar-refractivity contribution in [2.24, 2.45) is 56.0 Å². The number of carbonyl (C=O) groups excluding carboxylic acids is 2. The molecule has 0 aromatic rings. The van der Waals surface area contributed by atoms with Gasteiger partial charge in [-0.1, -0.05) is 60.1 Å². The SMILES string of the molecule is CC1(C)CCC2(C(N)=O)CC[C@]3(C)C(=CC[C@@H]4[C@@]5(C)CC[C@H](OC(=O)CCC(=O)O)C(C)(C)[C@@H]5CC[C@]43C)[C@@H]2C1. The Labute approximate surface area is 241 Å². The van der Waals surface area contributed by atoms with Crippen LogP contribution in [0.5, 0.6) is 0 Å². The molecule has 6 heteroatoms. The number of carboxylic acids is 1. The van der Waals surface area contributed by atoms with E-state index in [4.69, 9.17) is 15.6 Å². The van der Waals surface area contributed by atoms with Gasteiger partial charge in [0.2, 0.25) is 5.91 Å². The number of hydrogen-bond donors (Lipinski definition) is 2. The van der Waals surface area contributed by atoms with Gasteiger partial charge in [0.1, 0.15) is 6.10 Å². The molecule has 1 unspecified atom stereocenters. The van der Waals surface area contributed by atoms with Crippen LogP contribution in [0.2, 0.25) is 0 Å². The van der Waals surface area contributed by atoms with E-state index < -0.39 is 17.4 Å². The summed E-state index contributed by atoms with van der Waals surface area (Å²) in [7, 11) is 0. The number of esters is 1. The fourth-order valence-corrected chi connectivity index (χ4v) is 11.3. The fourth-order valence-electron chi connectivity index (χ4n) is 11.3. The van der Waals surface area contributed by atoms with Gasteiger partial charge in [0.15, 0.2) is 0 Å². The summed E-state index contributed by atoms with van der Waals surface area (Å²) in [5.74, 6) is -0.259. The average Bonchev–Trinajstić information content (AvgIpc) is 2.84. The molecule has 0 radical (unpaired) electrons. The first-order valence-corrected chi connectivity index (χ1v) is 15.8. The van der Waals surface area contributed by atoms with Crippen molar-refractivity contribution in [2.45, 2.75) is 132 Å². The molecule has 224 valence electrons. The summed E-state index contributed by atoms with van der Waals surface area (Å²) >= 11 is 0. The minimum absolute atomic E-state index is 0.0468. The van der Waals surface area contributed by atoms with E-state index in [-0.39, 0.29) is 57.8 Å². The highest BCUT2D eigenvalue weighted by atomic mass is 16.5. The van der Waals surface area contributed by atoms with Crippen molar-refractivity contribution >= 4 is 17.8 Å². The minimum atomic E-state index is -0.968. The van der Waals surface area contributed by atoms with Gasteiger partial charge < -0.3 is 15.6 Å². The Bertz CT molecular complexity index is 1120. The van der Waals surface area contributed by atoms with Gasteiger partial charge in [0.25, 0.3) is 0 Å². The maximum Gasteiger partial charge on any atom is 0.306 e. The van der Waals surface area contributed by atoms with Crippen LogP contribution >= 0.6 is 0 Å². The van der Waals surface area contributed by atoms with Gasteiger partial charge in [-0.3, -0.25) is 14.4 Å². The molecule has 3 N–H and O–H groups in total. The van der Waals surface area contributed by atoms with E-state index in [1.54, 1.807) is 0 Å². The molecule has 0 aliphatic heterocycles. The monoisotopic (exact) mass is 555 g/mol. The van der Waals surface area contributed by atoms with Crippen LogP contribution in [0.25, 0.3) is 0 Å². The van der Waals surface area contributed by atoms with Crippen LogP contribution in [0.1, 0.15) is 126 Å². The first-order valence-electron chi connectivity index (χ1n) is 15.8. The molecule has 5 rings (SSSR count). The molecule has 5 aliphatic rings. The summed E-state index contributed by atoms with van der Waals surface area (Å²) in [4.78, 5) is 36.6. The molecule has 0 heterocycles. The standard InChI is InChI=1S/C34H53NO5/c1-29(2)16-18-34(28(35)39)19-17-32(6)21(22(34)20-29)8-9-24-31(5)14-13-25(40-27(38)11-10-26(36)37)30(3,4)23(31)12-15-33(24,32)7/h8,22-25H,9-20H2,1-7H3,(H2,35,39)(H,36,37)/t22-,23-,24+,25-,31-,32+,33+,34?/m0/s1. The van der Waals surface area contributed by atoms with Crippen molar-refractivity contribution in [3.8, 4) is 0 Å². The fraction of sp³-hybridized carbons (Fsp3) is 0.853. The van der Waals surface area contributed by atoms with E-state index in [9.17, 15) is 14.4 Å². The van der Waals surface area contributed by atoms with Crippen molar-refractivity contribution in [1.82, 2.24) is 0 Å². The van der Waals surface area contributed by atoms with Gasteiger partial charge >= 0.3 is 11.9 Å².